The van der Waals surface area contributed by atoms with E-state index in [2.05, 4.69) is 45.2 Å². The van der Waals surface area contributed by atoms with Gasteiger partial charge in [-0.15, -0.1) is 0 Å². The van der Waals surface area contributed by atoms with Gasteiger partial charge < -0.3 is 60.0 Å². The summed E-state index contributed by atoms with van der Waals surface area (Å²) in [4.78, 5) is 7.26. The van der Waals surface area contributed by atoms with E-state index in [9.17, 15) is 10.2 Å². The Labute approximate surface area is 190 Å². The van der Waals surface area contributed by atoms with Crippen molar-refractivity contribution < 1.29 is 41.5 Å². The number of hydrogen-bond acceptors (Lipinski definition) is 4. The van der Waals surface area contributed by atoms with E-state index >= 15 is 0 Å². The van der Waals surface area contributed by atoms with Crippen LogP contribution < -0.4 is 11.5 Å². The van der Waals surface area contributed by atoms with Gasteiger partial charge in [0.1, 0.15) is 11.5 Å². The molecule has 13 nitrogen and oxygen atoms in total. The monoisotopic (exact) mass is 502 g/mol. The van der Waals surface area contributed by atoms with Crippen LogP contribution in [0.4, 0.5) is 0 Å². The minimum absolute atomic E-state index is 0. The fourth-order valence-electron chi connectivity index (χ4n) is 1.52. The molecule has 0 saturated heterocycles. The zero-order valence-corrected chi connectivity index (χ0v) is 17.6. The van der Waals surface area contributed by atoms with Gasteiger partial charge in [-0.1, -0.05) is 24.3 Å². The number of phenolic OH excluding ortho intramolecular Hbond substituents is 2. The third-order valence-corrected chi connectivity index (χ3v) is 2.77. The van der Waals surface area contributed by atoms with Crippen molar-refractivity contribution in [3.8, 4) is 11.5 Å². The van der Waals surface area contributed by atoms with Gasteiger partial charge in [-0.05, 0) is 24.3 Å². The minimum atomic E-state index is -0.150. The molecule has 31 heavy (non-hydrogen) atoms. The Morgan fingerprint density at radius 3 is 1.29 bits per heavy atom. The maximum atomic E-state index is 9.28. The van der Waals surface area contributed by atoms with Crippen molar-refractivity contribution in [1.29, 1.82) is 0 Å². The number of guanidine groups is 2. The van der Waals surface area contributed by atoms with Gasteiger partial charge in [-0.2, -0.15) is 0 Å². The topological polar surface area (TPSA) is 284 Å². The number of benzene rings is 2. The molecule has 2 rings (SSSR count). The van der Waals surface area contributed by atoms with Crippen LogP contribution in [-0.2, 0) is 14.8 Å². The maximum absolute atomic E-state index is 9.28. The van der Waals surface area contributed by atoms with Gasteiger partial charge in [0.05, 0.1) is 0 Å². The van der Waals surface area contributed by atoms with Crippen LogP contribution in [0.2, 0.25) is 0 Å². The van der Waals surface area contributed by atoms with Crippen molar-refractivity contribution >= 4 is 34.5 Å². The molecule has 15 heteroatoms. The van der Waals surface area contributed by atoms with E-state index in [1.54, 1.807) is 36.4 Å². The van der Waals surface area contributed by atoms with Crippen molar-refractivity contribution in [3.63, 3.8) is 0 Å². The van der Waals surface area contributed by atoms with Crippen LogP contribution in [0, 0.1) is 0 Å². The number of aromatic hydroxyl groups is 2. The summed E-state index contributed by atoms with van der Waals surface area (Å²) in [5, 5.41) is 24.4. The van der Waals surface area contributed by atoms with Crippen LogP contribution >= 0.6 is 10.1 Å². The van der Waals surface area contributed by atoms with Crippen LogP contribution in [0.25, 0.3) is 11.7 Å². The Kier molecular flexibility index (Phi) is 24.1. The van der Waals surface area contributed by atoms with Crippen molar-refractivity contribution in [2.45, 2.75) is 0 Å². The first-order chi connectivity index (χ1) is 13.5. The molecule has 0 atom stereocenters. The summed E-state index contributed by atoms with van der Waals surface area (Å²) in [6.07, 6.45) is 2.70. The Morgan fingerprint density at radius 2 is 1.03 bits per heavy atom. The number of nitrogens with zero attached hydrogens (tertiary/aromatic N) is 4. The van der Waals surface area contributed by atoms with Gasteiger partial charge in [-0.3, -0.25) is 0 Å². The van der Waals surface area contributed by atoms with Crippen molar-refractivity contribution in [2.24, 2.45) is 31.7 Å². The number of phenols is 2. The van der Waals surface area contributed by atoms with Crippen LogP contribution in [0.5, 0.6) is 11.5 Å². The number of rotatable bonds is 2. The van der Waals surface area contributed by atoms with E-state index in [0.717, 1.165) is 0 Å². The molecule has 14 N–H and O–H groups in total. The van der Waals surface area contributed by atoms with Crippen molar-refractivity contribution in [2.75, 3.05) is 0 Å². The van der Waals surface area contributed by atoms with E-state index in [0.29, 0.717) is 11.1 Å². The van der Waals surface area contributed by atoms with Crippen molar-refractivity contribution in [1.82, 2.24) is 0 Å². The molecule has 2 aromatic carbocycles. The van der Waals surface area contributed by atoms with E-state index in [-0.39, 0.29) is 39.8 Å². The largest absolute Gasteiger partial charge is 0.614 e. The SMILES string of the molecule is O.O.O.[Cl][Co+2].[NH-]/N=C(/N)N=Cc1ccccc1O.[NH-]/N=C(\N)N=Cc1ccccc1O. The maximum Gasteiger partial charge on any atom is 0.200 e. The Balaban J connectivity index is -0.000000200. The summed E-state index contributed by atoms with van der Waals surface area (Å²) in [6.45, 7) is 0. The van der Waals surface area contributed by atoms with Crippen LogP contribution in [0.15, 0.2) is 68.7 Å². The Morgan fingerprint density at radius 1 is 0.742 bits per heavy atom. The average molecular weight is 503 g/mol. The fourth-order valence-corrected chi connectivity index (χ4v) is 1.52. The van der Waals surface area contributed by atoms with E-state index in [1.165, 1.54) is 24.6 Å². The van der Waals surface area contributed by atoms with E-state index in [1.807, 2.05) is 0 Å². The predicted molar refractivity (Wildman–Crippen MR) is 120 cm³/mol. The number of nitrogens with two attached hydrogens (primary N) is 2. The molecule has 0 aliphatic rings. The van der Waals surface area contributed by atoms with Gasteiger partial charge in [0, 0.05) is 23.6 Å². The number of hydrogen-bond donors (Lipinski definition) is 4. The molecule has 0 saturated carbocycles. The van der Waals surface area contributed by atoms with Gasteiger partial charge in [0.25, 0.3) is 0 Å². The second-order valence-electron chi connectivity index (χ2n) is 4.57. The Bertz CT molecular complexity index is 783. The Hall–Kier alpha value is -3.40. The second-order valence-corrected chi connectivity index (χ2v) is 4.57. The van der Waals surface area contributed by atoms with Crippen LogP contribution in [0.1, 0.15) is 11.1 Å². The second kappa shape index (κ2) is 21.3. The summed E-state index contributed by atoms with van der Waals surface area (Å²) in [6, 6.07) is 13.4. The standard InChI is InChI=1S/2C8H9N4O.ClH.Co.3H2O/c2*9-8(12-10)11-5-6-3-1-2-4-7(6)13;;;;;/h2*1-5,10H,(H3,9,11,12,13);1H;;3*1H2/q2*-1;;+3;;;/p-1. The van der Waals surface area contributed by atoms with Gasteiger partial charge >= 0.3 is 25.0 Å². The third-order valence-electron chi connectivity index (χ3n) is 2.77. The van der Waals surface area contributed by atoms with Gasteiger partial charge in [0.15, 0.2) is 11.9 Å². The first kappa shape index (κ1) is 35.1. The first-order valence-electron chi connectivity index (χ1n) is 7.24. The normalized spacial score (nSPS) is 10.4. The smallest absolute Gasteiger partial charge is 0.200 e. The number of para-hydroxylation sites is 2. The zero-order chi connectivity index (χ0) is 21.4. The molecule has 0 spiro atoms. The molecule has 0 aromatic heterocycles. The summed E-state index contributed by atoms with van der Waals surface area (Å²) < 4.78 is 0. The third kappa shape index (κ3) is 15.1. The molecule has 0 aliphatic carbocycles. The average Bonchev–Trinajstić information content (AvgIpc) is 2.74. The quantitative estimate of drug-likeness (QED) is 0.257. The molecule has 0 bridgehead atoms. The molecule has 2 aromatic rings. The van der Waals surface area contributed by atoms with E-state index in [4.69, 9.17) is 23.2 Å². The van der Waals surface area contributed by atoms with Crippen LogP contribution in [-0.4, -0.2) is 51.0 Å². The molecular formula is C16H24ClCoN8O5. The predicted octanol–water partition coefficient (Wildman–Crippen LogP) is 0.399. The number of halogens is 1. The molecule has 174 valence electrons. The molecule has 0 fully saturated rings. The summed E-state index contributed by atoms with van der Waals surface area (Å²) in [7, 11) is 4.33. The first-order valence-corrected chi connectivity index (χ1v) is 8.67. The van der Waals surface area contributed by atoms with E-state index < -0.39 is 0 Å². The summed E-state index contributed by atoms with van der Waals surface area (Å²) in [5.41, 5.74) is 11.4. The molecule has 0 radical (unpaired) electrons. The number of aliphatic imine (C=N–C) groups is 2. The van der Waals surface area contributed by atoms with Gasteiger partial charge in [0.2, 0.25) is 0 Å². The minimum Gasteiger partial charge on any atom is -0.614 e. The molecule has 0 unspecified atom stereocenters. The van der Waals surface area contributed by atoms with Crippen LogP contribution in [0.3, 0.4) is 0 Å². The fraction of sp³-hybridized carbons (Fsp3) is 0. The van der Waals surface area contributed by atoms with Gasteiger partial charge in [-0.25, -0.2) is 9.98 Å². The molecular weight excluding hydrogens is 479 g/mol. The van der Waals surface area contributed by atoms with Crippen molar-refractivity contribution in [3.05, 3.63) is 71.3 Å². The molecule has 0 aliphatic heterocycles. The zero-order valence-electron chi connectivity index (χ0n) is 15.8. The summed E-state index contributed by atoms with van der Waals surface area (Å²) in [5.74, 6) is 13.0. The number of nitrogens with one attached hydrogen (secondary N) is 2. The molecule has 0 heterocycles. The summed E-state index contributed by atoms with van der Waals surface area (Å²) >= 11 is 3.03. The molecule has 0 amide bonds.